The molecule has 2 aromatic carbocycles. The molecule has 0 saturated carbocycles. The van der Waals surface area contributed by atoms with E-state index in [0.717, 1.165) is 0 Å². The first-order chi connectivity index (χ1) is 13.9. The van der Waals surface area contributed by atoms with Crippen molar-refractivity contribution in [2.24, 2.45) is 0 Å². The molecule has 1 amide bonds. The standard InChI is InChI=1S/C21H16BrClN2O4/c1-4-7-29-20-16(22)9-13(10-19(20)28-3)8-14(12-24)21(26)25-17-11-15(23)5-6-18(17)27-2/h1,5-6,8-11H,7H2,2-3H3,(H,25,26)/b14-8+. The fourth-order valence-electron chi connectivity index (χ4n) is 2.36. The van der Waals surface area contributed by atoms with Gasteiger partial charge in [0, 0.05) is 5.02 Å². The lowest BCUT2D eigenvalue weighted by atomic mass is 10.1. The Morgan fingerprint density at radius 3 is 2.62 bits per heavy atom. The highest BCUT2D eigenvalue weighted by Gasteiger charge is 2.15. The van der Waals surface area contributed by atoms with Crippen LogP contribution in [0.5, 0.6) is 17.2 Å². The predicted octanol–water partition coefficient (Wildman–Crippen LogP) is 4.68. The predicted molar refractivity (Wildman–Crippen MR) is 115 cm³/mol. The van der Waals surface area contributed by atoms with E-state index in [-0.39, 0.29) is 12.2 Å². The van der Waals surface area contributed by atoms with Crippen LogP contribution in [0, 0.1) is 23.7 Å². The van der Waals surface area contributed by atoms with E-state index in [1.165, 1.54) is 26.4 Å². The summed E-state index contributed by atoms with van der Waals surface area (Å²) in [5.41, 5.74) is 0.771. The third-order valence-electron chi connectivity index (χ3n) is 3.64. The van der Waals surface area contributed by atoms with Crippen LogP contribution in [0.2, 0.25) is 5.02 Å². The number of benzene rings is 2. The number of nitrogens with one attached hydrogen (secondary N) is 1. The van der Waals surface area contributed by atoms with Gasteiger partial charge < -0.3 is 19.5 Å². The Kier molecular flexibility index (Phi) is 7.97. The zero-order valence-electron chi connectivity index (χ0n) is 15.6. The maximum Gasteiger partial charge on any atom is 0.266 e. The fraction of sp³-hybridized carbons (Fsp3) is 0.143. The summed E-state index contributed by atoms with van der Waals surface area (Å²) in [6.07, 6.45) is 6.64. The highest BCUT2D eigenvalue weighted by molar-refractivity contribution is 9.10. The minimum atomic E-state index is -0.615. The summed E-state index contributed by atoms with van der Waals surface area (Å²) in [6, 6.07) is 9.97. The van der Waals surface area contributed by atoms with Crippen molar-refractivity contribution in [2.75, 3.05) is 26.1 Å². The number of carbonyl (C=O) groups excluding carboxylic acids is 1. The van der Waals surface area contributed by atoms with Gasteiger partial charge in [-0.2, -0.15) is 5.26 Å². The van der Waals surface area contributed by atoms with Gasteiger partial charge in [0.2, 0.25) is 0 Å². The molecular formula is C21H16BrClN2O4. The maximum atomic E-state index is 12.6. The normalized spacial score (nSPS) is 10.5. The molecule has 148 valence electrons. The molecule has 2 aromatic rings. The first-order valence-corrected chi connectivity index (χ1v) is 9.31. The number of carbonyl (C=O) groups is 1. The van der Waals surface area contributed by atoms with Gasteiger partial charge in [-0.1, -0.05) is 17.5 Å². The molecule has 6 nitrogen and oxygen atoms in total. The molecule has 0 aliphatic heterocycles. The summed E-state index contributed by atoms with van der Waals surface area (Å²) >= 11 is 9.35. The first-order valence-electron chi connectivity index (χ1n) is 8.14. The quantitative estimate of drug-likeness (QED) is 0.357. The van der Waals surface area contributed by atoms with Crippen molar-refractivity contribution in [3.05, 3.63) is 51.0 Å². The summed E-state index contributed by atoms with van der Waals surface area (Å²) in [5.74, 6) is 3.00. The second kappa shape index (κ2) is 10.4. The molecular weight excluding hydrogens is 460 g/mol. The van der Waals surface area contributed by atoms with Gasteiger partial charge in [-0.25, -0.2) is 0 Å². The van der Waals surface area contributed by atoms with Crippen LogP contribution in [0.1, 0.15) is 5.56 Å². The van der Waals surface area contributed by atoms with Crippen molar-refractivity contribution < 1.29 is 19.0 Å². The van der Waals surface area contributed by atoms with E-state index in [9.17, 15) is 10.1 Å². The van der Waals surface area contributed by atoms with E-state index < -0.39 is 5.91 Å². The lowest BCUT2D eigenvalue weighted by Crippen LogP contribution is -2.14. The Morgan fingerprint density at radius 1 is 1.28 bits per heavy atom. The summed E-state index contributed by atoms with van der Waals surface area (Å²) < 4.78 is 16.5. The molecule has 0 saturated heterocycles. The van der Waals surface area contributed by atoms with Crippen molar-refractivity contribution in [2.45, 2.75) is 0 Å². The number of methoxy groups -OCH3 is 2. The Morgan fingerprint density at radius 2 is 2.00 bits per heavy atom. The second-order valence-corrected chi connectivity index (χ2v) is 6.79. The van der Waals surface area contributed by atoms with Gasteiger partial charge in [-0.3, -0.25) is 4.79 Å². The monoisotopic (exact) mass is 474 g/mol. The van der Waals surface area contributed by atoms with Crippen LogP contribution in [0.4, 0.5) is 5.69 Å². The molecule has 2 rings (SSSR count). The Bertz CT molecular complexity index is 1040. The number of rotatable bonds is 7. The fourth-order valence-corrected chi connectivity index (χ4v) is 3.11. The first kappa shape index (κ1) is 22.2. The van der Waals surface area contributed by atoms with E-state index in [4.69, 9.17) is 32.2 Å². The Balaban J connectivity index is 2.35. The van der Waals surface area contributed by atoms with E-state index in [1.807, 2.05) is 6.07 Å². The second-order valence-electron chi connectivity index (χ2n) is 5.50. The summed E-state index contributed by atoms with van der Waals surface area (Å²) in [6.45, 7) is 0.0669. The number of nitriles is 1. The smallest absolute Gasteiger partial charge is 0.266 e. The van der Waals surface area contributed by atoms with Crippen molar-refractivity contribution in [3.8, 4) is 35.7 Å². The van der Waals surface area contributed by atoms with Crippen molar-refractivity contribution >= 4 is 45.2 Å². The zero-order valence-corrected chi connectivity index (χ0v) is 17.9. The Labute approximate surface area is 182 Å². The van der Waals surface area contributed by atoms with Gasteiger partial charge >= 0.3 is 0 Å². The summed E-state index contributed by atoms with van der Waals surface area (Å²) in [5, 5.41) is 12.5. The van der Waals surface area contributed by atoms with Gasteiger partial charge in [-0.05, 0) is 57.9 Å². The summed E-state index contributed by atoms with van der Waals surface area (Å²) in [4.78, 5) is 12.6. The van der Waals surface area contributed by atoms with Gasteiger partial charge in [-0.15, -0.1) is 6.42 Å². The molecule has 0 spiro atoms. The highest BCUT2D eigenvalue weighted by Crippen LogP contribution is 2.37. The third-order valence-corrected chi connectivity index (χ3v) is 4.46. The Hall–Kier alpha value is -3.13. The van der Waals surface area contributed by atoms with Crippen molar-refractivity contribution in [1.82, 2.24) is 0 Å². The number of hydrogen-bond acceptors (Lipinski definition) is 5. The average Bonchev–Trinajstić information content (AvgIpc) is 2.70. The number of hydrogen-bond donors (Lipinski definition) is 1. The van der Waals surface area contributed by atoms with Crippen LogP contribution >= 0.6 is 27.5 Å². The molecule has 0 atom stereocenters. The molecule has 1 N–H and O–H groups in total. The van der Waals surface area contributed by atoms with E-state index in [0.29, 0.717) is 38.0 Å². The maximum absolute atomic E-state index is 12.6. The van der Waals surface area contributed by atoms with Crippen molar-refractivity contribution in [1.29, 1.82) is 5.26 Å². The van der Waals surface area contributed by atoms with E-state index >= 15 is 0 Å². The lowest BCUT2D eigenvalue weighted by molar-refractivity contribution is -0.112. The van der Waals surface area contributed by atoms with Crippen LogP contribution < -0.4 is 19.5 Å². The number of terminal acetylenes is 1. The highest BCUT2D eigenvalue weighted by atomic mass is 79.9. The topological polar surface area (TPSA) is 80.6 Å². The van der Waals surface area contributed by atoms with Gasteiger partial charge in [0.25, 0.3) is 5.91 Å². The lowest BCUT2D eigenvalue weighted by Gasteiger charge is -2.12. The van der Waals surface area contributed by atoms with E-state index in [2.05, 4.69) is 27.2 Å². The van der Waals surface area contributed by atoms with Crippen LogP contribution in [0.3, 0.4) is 0 Å². The molecule has 0 aliphatic rings. The van der Waals surface area contributed by atoms with Crippen LogP contribution in [-0.4, -0.2) is 26.7 Å². The zero-order chi connectivity index (χ0) is 21.4. The molecule has 0 bridgehead atoms. The van der Waals surface area contributed by atoms with Crippen molar-refractivity contribution in [3.63, 3.8) is 0 Å². The number of amides is 1. The largest absolute Gasteiger partial charge is 0.495 e. The molecule has 0 fully saturated rings. The van der Waals surface area contributed by atoms with Gasteiger partial charge in [0.1, 0.15) is 24.0 Å². The van der Waals surface area contributed by atoms with E-state index in [1.54, 1.807) is 24.3 Å². The van der Waals surface area contributed by atoms with Crippen LogP contribution in [-0.2, 0) is 4.79 Å². The SMILES string of the molecule is C#CCOc1c(Br)cc(/C=C(\C#N)C(=O)Nc2cc(Cl)ccc2OC)cc1OC. The molecule has 0 radical (unpaired) electrons. The number of ether oxygens (including phenoxy) is 3. The number of nitrogens with zero attached hydrogens (tertiary/aromatic N) is 1. The third kappa shape index (κ3) is 5.68. The minimum absolute atomic E-state index is 0.0669. The van der Waals surface area contributed by atoms with Gasteiger partial charge in [0.05, 0.1) is 24.4 Å². The summed E-state index contributed by atoms with van der Waals surface area (Å²) in [7, 11) is 2.94. The minimum Gasteiger partial charge on any atom is -0.495 e. The molecule has 0 aromatic heterocycles. The number of halogens is 2. The average molecular weight is 476 g/mol. The molecule has 8 heteroatoms. The van der Waals surface area contributed by atoms with Crippen LogP contribution in [0.15, 0.2) is 40.4 Å². The van der Waals surface area contributed by atoms with Crippen LogP contribution in [0.25, 0.3) is 6.08 Å². The van der Waals surface area contributed by atoms with Gasteiger partial charge in [0.15, 0.2) is 11.5 Å². The molecule has 0 unspecified atom stereocenters. The molecule has 0 aliphatic carbocycles. The molecule has 29 heavy (non-hydrogen) atoms. The number of anilines is 1. The molecule has 0 heterocycles.